The van der Waals surface area contributed by atoms with E-state index < -0.39 is 5.91 Å². The highest BCUT2D eigenvalue weighted by Gasteiger charge is 2.19. The number of fused-ring (bicyclic) bond motifs is 1. The van der Waals surface area contributed by atoms with Crippen LogP contribution in [0.1, 0.15) is 11.1 Å². The molecule has 0 saturated heterocycles. The number of hydrogen-bond donors (Lipinski definition) is 2. The van der Waals surface area contributed by atoms with Crippen LogP contribution in [0.5, 0.6) is 0 Å². The van der Waals surface area contributed by atoms with Gasteiger partial charge in [0, 0.05) is 33.6 Å². The molecule has 1 heterocycles. The van der Waals surface area contributed by atoms with Crippen LogP contribution in [0.2, 0.25) is 5.02 Å². The Labute approximate surface area is 137 Å². The molecule has 0 spiro atoms. The zero-order chi connectivity index (χ0) is 16.4. The predicted octanol–water partition coefficient (Wildman–Crippen LogP) is 3.11. The van der Waals surface area contributed by atoms with Gasteiger partial charge >= 0.3 is 0 Å². The van der Waals surface area contributed by atoms with Crippen LogP contribution in [-0.2, 0) is 4.79 Å². The number of nitrogens with two attached hydrogens (primary N) is 1. The van der Waals surface area contributed by atoms with Crippen molar-refractivity contribution in [2.75, 3.05) is 11.9 Å². The van der Waals surface area contributed by atoms with Gasteiger partial charge in [0.05, 0.1) is 12.3 Å². The average Bonchev–Trinajstić information content (AvgIpc) is 2.66. The van der Waals surface area contributed by atoms with Crippen molar-refractivity contribution in [1.29, 1.82) is 0 Å². The molecule has 116 valence electrons. The molecular formula is C17H13ClFN3O. The molecule has 0 aliphatic carbocycles. The third kappa shape index (κ3) is 3.24. The molecule has 0 unspecified atom stereocenters. The molecule has 2 aromatic rings. The average molecular weight is 330 g/mol. The number of amides is 1. The van der Waals surface area contributed by atoms with E-state index in [1.807, 2.05) is 0 Å². The fraction of sp³-hybridized carbons (Fsp3) is 0.0588. The summed E-state index contributed by atoms with van der Waals surface area (Å²) in [6.45, 7) is 0.179. The minimum atomic E-state index is -0.576. The molecule has 1 aliphatic heterocycles. The van der Waals surface area contributed by atoms with Crippen molar-refractivity contribution in [3.63, 3.8) is 0 Å². The van der Waals surface area contributed by atoms with Crippen molar-refractivity contribution in [2.45, 2.75) is 0 Å². The minimum absolute atomic E-state index is 0.179. The van der Waals surface area contributed by atoms with Crippen molar-refractivity contribution >= 4 is 28.9 Å². The summed E-state index contributed by atoms with van der Waals surface area (Å²) in [5.41, 5.74) is 7.93. The molecule has 0 atom stereocenters. The van der Waals surface area contributed by atoms with E-state index in [4.69, 9.17) is 17.3 Å². The van der Waals surface area contributed by atoms with Gasteiger partial charge < -0.3 is 11.1 Å². The van der Waals surface area contributed by atoms with E-state index in [0.29, 0.717) is 33.2 Å². The quantitative estimate of drug-likeness (QED) is 0.831. The summed E-state index contributed by atoms with van der Waals surface area (Å²) in [4.78, 5) is 15.6. The second-order valence-electron chi connectivity index (χ2n) is 5.03. The molecule has 1 aliphatic rings. The lowest BCUT2D eigenvalue weighted by Crippen LogP contribution is -2.11. The molecule has 23 heavy (non-hydrogen) atoms. The minimum Gasteiger partial charge on any atom is -0.366 e. The summed E-state index contributed by atoms with van der Waals surface area (Å²) < 4.78 is 14.2. The summed E-state index contributed by atoms with van der Waals surface area (Å²) in [6.07, 6.45) is 1.27. The molecule has 4 nitrogen and oxygen atoms in total. The van der Waals surface area contributed by atoms with E-state index in [2.05, 4.69) is 10.3 Å². The van der Waals surface area contributed by atoms with Gasteiger partial charge in [0.2, 0.25) is 5.91 Å². The Morgan fingerprint density at radius 1 is 1.26 bits per heavy atom. The summed E-state index contributed by atoms with van der Waals surface area (Å²) in [6, 6.07) is 11.6. The van der Waals surface area contributed by atoms with Crippen molar-refractivity contribution in [2.24, 2.45) is 10.7 Å². The summed E-state index contributed by atoms with van der Waals surface area (Å²) in [5, 5.41) is 3.61. The molecule has 0 fully saturated rings. The van der Waals surface area contributed by atoms with Crippen LogP contribution in [0.15, 0.2) is 59.2 Å². The fourth-order valence-electron chi connectivity index (χ4n) is 2.42. The number of benzodiazepines with no additional fused rings is 1. The second-order valence-corrected chi connectivity index (χ2v) is 5.47. The van der Waals surface area contributed by atoms with Crippen molar-refractivity contribution in [3.8, 4) is 0 Å². The molecular weight excluding hydrogens is 317 g/mol. The zero-order valence-electron chi connectivity index (χ0n) is 12.0. The molecule has 3 rings (SSSR count). The number of halogens is 2. The van der Waals surface area contributed by atoms with E-state index in [1.54, 1.807) is 36.4 Å². The number of nitrogens with one attached hydrogen (secondary N) is 1. The first-order chi connectivity index (χ1) is 11.0. The third-order valence-corrected chi connectivity index (χ3v) is 3.62. The van der Waals surface area contributed by atoms with Gasteiger partial charge in [-0.05, 0) is 30.3 Å². The molecule has 0 aromatic heterocycles. The van der Waals surface area contributed by atoms with Crippen LogP contribution in [0.4, 0.5) is 10.1 Å². The topological polar surface area (TPSA) is 67.5 Å². The number of anilines is 1. The fourth-order valence-corrected chi connectivity index (χ4v) is 2.59. The van der Waals surface area contributed by atoms with Gasteiger partial charge in [0.15, 0.2) is 0 Å². The lowest BCUT2D eigenvalue weighted by atomic mass is 10.00. The van der Waals surface area contributed by atoms with Crippen molar-refractivity contribution in [1.82, 2.24) is 0 Å². The molecule has 0 saturated carbocycles. The lowest BCUT2D eigenvalue weighted by molar-refractivity contribution is -0.113. The maximum absolute atomic E-state index is 14.2. The number of carbonyl (C=O) groups is 1. The molecule has 2 aromatic carbocycles. The van der Waals surface area contributed by atoms with Crippen LogP contribution in [0.3, 0.4) is 0 Å². The van der Waals surface area contributed by atoms with Crippen LogP contribution in [-0.4, -0.2) is 18.2 Å². The van der Waals surface area contributed by atoms with Crippen LogP contribution >= 0.6 is 11.6 Å². The smallest absolute Gasteiger partial charge is 0.243 e. The maximum Gasteiger partial charge on any atom is 0.243 e. The van der Waals surface area contributed by atoms with Crippen molar-refractivity contribution < 1.29 is 9.18 Å². The molecule has 1 amide bonds. The maximum atomic E-state index is 14.2. The van der Waals surface area contributed by atoms with Gasteiger partial charge in [-0.25, -0.2) is 4.39 Å². The first kappa shape index (κ1) is 15.2. The molecule has 0 bridgehead atoms. The third-order valence-electron chi connectivity index (χ3n) is 3.38. The Morgan fingerprint density at radius 3 is 2.78 bits per heavy atom. The highest BCUT2D eigenvalue weighted by molar-refractivity contribution is 6.31. The van der Waals surface area contributed by atoms with E-state index in [9.17, 15) is 9.18 Å². The Balaban J connectivity index is 2.19. The van der Waals surface area contributed by atoms with E-state index >= 15 is 0 Å². The second kappa shape index (κ2) is 6.22. The number of nitrogens with zero attached hydrogens (tertiary/aromatic N) is 1. The normalized spacial score (nSPS) is 15.4. The monoisotopic (exact) mass is 329 g/mol. The molecule has 0 radical (unpaired) electrons. The van der Waals surface area contributed by atoms with Crippen LogP contribution in [0.25, 0.3) is 0 Å². The number of rotatable bonds is 2. The van der Waals surface area contributed by atoms with Gasteiger partial charge in [-0.15, -0.1) is 0 Å². The Bertz CT molecular complexity index is 845. The zero-order valence-corrected chi connectivity index (χ0v) is 12.8. The highest BCUT2D eigenvalue weighted by Crippen LogP contribution is 2.28. The van der Waals surface area contributed by atoms with Crippen LogP contribution in [0, 0.1) is 5.82 Å². The van der Waals surface area contributed by atoms with Gasteiger partial charge in [-0.1, -0.05) is 23.7 Å². The Hall–Kier alpha value is -2.66. The summed E-state index contributed by atoms with van der Waals surface area (Å²) in [5.74, 6) is -0.952. The molecule has 6 heteroatoms. The predicted molar refractivity (Wildman–Crippen MR) is 89.3 cm³/mol. The highest BCUT2D eigenvalue weighted by atomic mass is 35.5. The van der Waals surface area contributed by atoms with Gasteiger partial charge in [-0.2, -0.15) is 0 Å². The van der Waals surface area contributed by atoms with E-state index in [-0.39, 0.29) is 12.4 Å². The summed E-state index contributed by atoms with van der Waals surface area (Å²) in [7, 11) is 0. The number of benzene rings is 2. The van der Waals surface area contributed by atoms with Gasteiger partial charge in [0.25, 0.3) is 0 Å². The largest absolute Gasteiger partial charge is 0.366 e. The number of aliphatic imine (C=N–C) groups is 1. The first-order valence-corrected chi connectivity index (χ1v) is 7.28. The SMILES string of the molecule is NC(=O)/C=C1/CN=C(c2ccccc2F)c2cc(Cl)ccc2N1. The van der Waals surface area contributed by atoms with Gasteiger partial charge in [-0.3, -0.25) is 9.79 Å². The molecule has 3 N–H and O–H groups in total. The first-order valence-electron chi connectivity index (χ1n) is 6.91. The lowest BCUT2D eigenvalue weighted by Gasteiger charge is -2.12. The van der Waals surface area contributed by atoms with E-state index in [1.165, 1.54) is 12.1 Å². The number of carbonyl (C=O) groups excluding carboxylic acids is 1. The van der Waals surface area contributed by atoms with Gasteiger partial charge in [0.1, 0.15) is 5.82 Å². The Morgan fingerprint density at radius 2 is 2.04 bits per heavy atom. The van der Waals surface area contributed by atoms with Crippen LogP contribution < -0.4 is 11.1 Å². The van der Waals surface area contributed by atoms with Crippen molar-refractivity contribution in [3.05, 3.63) is 76.2 Å². The number of primary amides is 1. The van der Waals surface area contributed by atoms with E-state index in [0.717, 1.165) is 0 Å². The number of hydrogen-bond acceptors (Lipinski definition) is 3. The summed E-state index contributed by atoms with van der Waals surface area (Å²) >= 11 is 6.08. The standard InChI is InChI=1S/C17H13ClFN3O/c18-10-5-6-15-13(7-10)17(12-3-1-2-4-14(12)19)21-9-11(22-15)8-16(20)23/h1-8,22H,9H2,(H2,20,23)/b11-8-. The Kier molecular flexibility index (Phi) is 4.12.